The van der Waals surface area contributed by atoms with E-state index >= 15 is 0 Å². The number of esters is 1. The number of hydrogen-bond donors (Lipinski definition) is 4. The Kier molecular flexibility index (Phi) is 23.5. The molecule has 1 aromatic carbocycles. The van der Waals surface area contributed by atoms with Gasteiger partial charge in [0, 0.05) is 50.4 Å². The second kappa shape index (κ2) is 31.1. The number of benzene rings is 1. The van der Waals surface area contributed by atoms with Crippen molar-refractivity contribution in [2.75, 3.05) is 0 Å². The molecule has 0 saturated heterocycles. The molecule has 75 heavy (non-hydrogen) atoms. The Morgan fingerprint density at radius 3 is 1.21 bits per heavy atom. The Labute approximate surface area is 447 Å². The van der Waals surface area contributed by atoms with Gasteiger partial charge >= 0.3 is 11.7 Å². The van der Waals surface area contributed by atoms with Crippen LogP contribution in [0, 0.1) is 0 Å². The SMILES string of the molecule is CCCCCCCCCCCc1c2nc(c(CCCCCCCCCCC)c3ccc([nH]3)c(-c3ccc(C(=O)OCc4cc(=O)[nH]c(=O)[nH]4)cc3)c3ccc([nH]3)c(CCCCCCCCCCC)c3nc1C=C3)C=C2. The van der Waals surface area contributed by atoms with E-state index in [1.807, 2.05) is 12.1 Å². The molecule has 6 heterocycles. The third-order valence-corrected chi connectivity index (χ3v) is 15.3. The summed E-state index contributed by atoms with van der Waals surface area (Å²) in [5.41, 5.74) is 13.2. The molecule has 0 amide bonds. The van der Waals surface area contributed by atoms with Gasteiger partial charge in [-0.25, -0.2) is 19.6 Å². The number of fused-ring (bicyclic) bond motifs is 8. The molecule has 0 aliphatic carbocycles. The van der Waals surface area contributed by atoms with Gasteiger partial charge in [0.2, 0.25) is 0 Å². The molecule has 10 nitrogen and oxygen atoms in total. The van der Waals surface area contributed by atoms with Gasteiger partial charge in [-0.05, 0) is 105 Å². The summed E-state index contributed by atoms with van der Waals surface area (Å²) in [5, 5.41) is 0. The number of hydrogen-bond acceptors (Lipinski definition) is 6. The van der Waals surface area contributed by atoms with Crippen molar-refractivity contribution in [3.05, 3.63) is 126 Å². The largest absolute Gasteiger partial charge is 0.456 e. The first-order valence-corrected chi connectivity index (χ1v) is 29.6. The van der Waals surface area contributed by atoms with Crippen molar-refractivity contribution in [2.45, 2.75) is 220 Å². The van der Waals surface area contributed by atoms with Crippen LogP contribution in [0.3, 0.4) is 0 Å². The smallest absolute Gasteiger partial charge is 0.338 e. The van der Waals surface area contributed by atoms with E-state index in [1.54, 1.807) is 12.1 Å². The Morgan fingerprint density at radius 2 is 0.800 bits per heavy atom. The number of unbranched alkanes of at least 4 members (excludes halogenated alkanes) is 24. The molecule has 402 valence electrons. The molecule has 8 bridgehead atoms. The molecular formula is C65H88N6O4. The minimum atomic E-state index is -0.649. The first kappa shape index (κ1) is 56.7. The predicted octanol–water partition coefficient (Wildman–Crippen LogP) is 17.3. The number of aromatic nitrogens is 6. The van der Waals surface area contributed by atoms with E-state index in [1.165, 1.54) is 177 Å². The van der Waals surface area contributed by atoms with Crippen LogP contribution in [-0.2, 0) is 30.6 Å². The van der Waals surface area contributed by atoms with E-state index in [4.69, 9.17) is 14.7 Å². The Morgan fingerprint density at radius 1 is 0.427 bits per heavy atom. The average Bonchev–Trinajstić information content (AvgIpc) is 4.27. The van der Waals surface area contributed by atoms with Gasteiger partial charge in [0.1, 0.15) is 6.61 Å². The van der Waals surface area contributed by atoms with Gasteiger partial charge in [0.05, 0.1) is 34.0 Å². The number of ether oxygens (including phenoxy) is 1. The lowest BCUT2D eigenvalue weighted by Gasteiger charge is -2.08. The third kappa shape index (κ3) is 17.5. The normalized spacial score (nSPS) is 12.0. The summed E-state index contributed by atoms with van der Waals surface area (Å²) < 4.78 is 5.54. The highest BCUT2D eigenvalue weighted by molar-refractivity contribution is 5.96. The van der Waals surface area contributed by atoms with E-state index in [-0.39, 0.29) is 12.3 Å². The van der Waals surface area contributed by atoms with Crippen LogP contribution in [0.15, 0.2) is 64.2 Å². The summed E-state index contributed by atoms with van der Waals surface area (Å²) in [5.74, 6) is -0.557. The molecule has 0 atom stereocenters. The van der Waals surface area contributed by atoms with Crippen molar-refractivity contribution in [2.24, 2.45) is 0 Å². The average molecular weight is 1020 g/mol. The van der Waals surface area contributed by atoms with Gasteiger partial charge < -0.3 is 19.7 Å². The van der Waals surface area contributed by atoms with E-state index < -0.39 is 17.2 Å². The minimum Gasteiger partial charge on any atom is -0.456 e. The first-order valence-electron chi connectivity index (χ1n) is 29.6. The number of nitrogens with one attached hydrogen (secondary N) is 4. The monoisotopic (exact) mass is 1020 g/mol. The lowest BCUT2D eigenvalue weighted by Crippen LogP contribution is -2.23. The summed E-state index contributed by atoms with van der Waals surface area (Å²) in [6, 6.07) is 17.5. The second-order valence-corrected chi connectivity index (χ2v) is 21.3. The number of aryl methyl sites for hydroxylation is 2. The molecule has 0 spiro atoms. The van der Waals surface area contributed by atoms with Gasteiger partial charge in [-0.3, -0.25) is 9.78 Å². The van der Waals surface area contributed by atoms with Crippen LogP contribution in [-0.4, -0.2) is 35.9 Å². The van der Waals surface area contributed by atoms with Crippen LogP contribution in [0.25, 0.3) is 57.5 Å². The predicted molar refractivity (Wildman–Crippen MR) is 314 cm³/mol. The van der Waals surface area contributed by atoms with E-state index in [2.05, 4.69) is 89.3 Å². The summed E-state index contributed by atoms with van der Waals surface area (Å²) >= 11 is 0. The number of aromatic amines is 4. The van der Waals surface area contributed by atoms with Crippen molar-refractivity contribution in [1.29, 1.82) is 0 Å². The fourth-order valence-corrected chi connectivity index (χ4v) is 10.9. The zero-order chi connectivity index (χ0) is 52.5. The van der Waals surface area contributed by atoms with Crippen molar-refractivity contribution >= 4 is 52.3 Å². The van der Waals surface area contributed by atoms with Gasteiger partial charge in [-0.15, -0.1) is 0 Å². The maximum absolute atomic E-state index is 13.3. The molecule has 10 heteroatoms. The number of nitrogens with zero attached hydrogens (tertiary/aromatic N) is 2. The Bertz CT molecular complexity index is 2770. The summed E-state index contributed by atoms with van der Waals surface area (Å²) in [4.78, 5) is 60.6. The molecule has 2 aliphatic rings. The molecule has 4 N–H and O–H groups in total. The Hall–Kier alpha value is -6.03. The first-order chi connectivity index (χ1) is 36.8. The molecule has 4 aromatic heterocycles. The number of carbonyl (C=O) groups excluding carboxylic acids is 1. The van der Waals surface area contributed by atoms with Crippen LogP contribution in [0.2, 0.25) is 0 Å². The highest BCUT2D eigenvalue weighted by Crippen LogP contribution is 2.33. The van der Waals surface area contributed by atoms with Crippen molar-refractivity contribution in [3.8, 4) is 11.1 Å². The number of H-pyrrole nitrogens is 4. The zero-order valence-electron chi connectivity index (χ0n) is 46.0. The topological polar surface area (TPSA) is 149 Å². The van der Waals surface area contributed by atoms with Gasteiger partial charge in [-0.1, -0.05) is 187 Å². The van der Waals surface area contributed by atoms with Crippen LogP contribution >= 0.6 is 0 Å². The highest BCUT2D eigenvalue weighted by Gasteiger charge is 2.18. The van der Waals surface area contributed by atoms with Gasteiger partial charge in [0.15, 0.2) is 0 Å². The van der Waals surface area contributed by atoms with Crippen molar-refractivity contribution in [1.82, 2.24) is 29.9 Å². The van der Waals surface area contributed by atoms with Gasteiger partial charge in [0.25, 0.3) is 5.56 Å². The molecule has 2 aliphatic heterocycles. The third-order valence-electron chi connectivity index (χ3n) is 15.3. The van der Waals surface area contributed by atoms with E-state index in [0.29, 0.717) is 5.56 Å². The van der Waals surface area contributed by atoms with Crippen molar-refractivity contribution in [3.63, 3.8) is 0 Å². The summed E-state index contributed by atoms with van der Waals surface area (Å²) in [7, 11) is 0. The molecule has 7 rings (SSSR count). The standard InChI is InChI=1S/C65H88N6O4/c1-4-7-10-13-16-19-22-25-28-31-51-54-38-40-56(67-54)52(32-29-26-23-20-17-14-11-8-5-2)58-42-44-60(69-58)63(48-34-36-49(37-35-48)64(73)75-47-50-46-62(72)71-65(74)66-50)61-45-43-59(70-61)53(57-41-39-55(51)68-57)33-30-27-24-21-18-15-12-9-6-3/h34-46,69-70H,4-33,47H2,1-3H3,(H2,66,71,72,74). The van der Waals surface area contributed by atoms with Crippen molar-refractivity contribution < 1.29 is 9.53 Å². The summed E-state index contributed by atoms with van der Waals surface area (Å²) in [6.45, 7) is 6.61. The number of carbonyl (C=O) groups is 1. The lowest BCUT2D eigenvalue weighted by molar-refractivity contribution is 0.0467. The highest BCUT2D eigenvalue weighted by atomic mass is 16.5. The lowest BCUT2D eigenvalue weighted by atomic mass is 10.0. The van der Waals surface area contributed by atoms with Crippen LogP contribution in [0.4, 0.5) is 0 Å². The number of rotatable bonds is 34. The van der Waals surface area contributed by atoms with Crippen LogP contribution in [0.5, 0.6) is 0 Å². The molecule has 5 aromatic rings. The maximum atomic E-state index is 13.3. The molecule has 0 saturated carbocycles. The Balaban J connectivity index is 1.27. The van der Waals surface area contributed by atoms with E-state index in [0.717, 1.165) is 94.5 Å². The molecular weight excluding hydrogens is 929 g/mol. The molecule has 0 fully saturated rings. The fourth-order valence-electron chi connectivity index (χ4n) is 10.9. The van der Waals surface area contributed by atoms with Crippen LogP contribution in [0.1, 0.15) is 250 Å². The molecule has 0 radical (unpaired) electrons. The summed E-state index contributed by atoms with van der Waals surface area (Å²) in [6.07, 6.45) is 46.2. The minimum absolute atomic E-state index is 0.220. The quantitative estimate of drug-likeness (QED) is 0.0233. The zero-order valence-corrected chi connectivity index (χ0v) is 46.0. The maximum Gasteiger partial charge on any atom is 0.338 e. The second-order valence-electron chi connectivity index (χ2n) is 21.3. The molecule has 0 unspecified atom stereocenters. The van der Waals surface area contributed by atoms with Gasteiger partial charge in [-0.2, -0.15) is 0 Å². The fraction of sp³-hybridized carbons (Fsp3) is 0.523. The van der Waals surface area contributed by atoms with Crippen LogP contribution < -0.4 is 11.2 Å². The van der Waals surface area contributed by atoms with E-state index in [9.17, 15) is 14.4 Å².